The number of hydrogen-bond acceptors (Lipinski definition) is 5. The molecule has 0 amide bonds. The maximum Gasteiger partial charge on any atom is 0.302 e. The van der Waals surface area contributed by atoms with Crippen LogP contribution in [0.1, 0.15) is 65.7 Å². The summed E-state index contributed by atoms with van der Waals surface area (Å²) in [6.07, 6.45) is 13.5. The third-order valence-corrected chi connectivity index (χ3v) is 5.13. The van der Waals surface area contributed by atoms with E-state index in [0.29, 0.717) is 25.9 Å². The van der Waals surface area contributed by atoms with Gasteiger partial charge in [-0.05, 0) is 58.3 Å². The SMILES string of the molecule is CC(=O)OCCCC/C=C\C[C@@H]1[C@@H](/C=C/[C@@H](O)CCC=C(C)C)[C@H](O)C[C@@H]1O. The molecule has 0 aromatic heterocycles. The molecule has 5 nitrogen and oxygen atoms in total. The van der Waals surface area contributed by atoms with E-state index in [4.69, 9.17) is 4.74 Å². The summed E-state index contributed by atoms with van der Waals surface area (Å²) < 4.78 is 4.90. The molecule has 1 saturated carbocycles. The molecule has 28 heavy (non-hydrogen) atoms. The van der Waals surface area contributed by atoms with Crippen LogP contribution < -0.4 is 0 Å². The number of aliphatic hydroxyl groups excluding tert-OH is 3. The van der Waals surface area contributed by atoms with E-state index >= 15 is 0 Å². The fourth-order valence-electron chi connectivity index (χ4n) is 3.55. The molecule has 0 unspecified atom stereocenters. The van der Waals surface area contributed by atoms with Gasteiger partial charge in [0.1, 0.15) is 0 Å². The van der Waals surface area contributed by atoms with E-state index in [1.165, 1.54) is 12.5 Å². The highest BCUT2D eigenvalue weighted by Crippen LogP contribution is 2.36. The lowest BCUT2D eigenvalue weighted by molar-refractivity contribution is -0.141. The number of aliphatic hydroxyl groups is 3. The summed E-state index contributed by atoms with van der Waals surface area (Å²) in [6, 6.07) is 0. The average molecular weight is 395 g/mol. The second kappa shape index (κ2) is 13.7. The first-order valence-corrected chi connectivity index (χ1v) is 10.5. The van der Waals surface area contributed by atoms with Gasteiger partial charge in [-0.2, -0.15) is 0 Å². The van der Waals surface area contributed by atoms with Gasteiger partial charge in [0.2, 0.25) is 0 Å². The van der Waals surface area contributed by atoms with Crippen molar-refractivity contribution in [1.82, 2.24) is 0 Å². The molecule has 3 N–H and O–H groups in total. The largest absolute Gasteiger partial charge is 0.466 e. The van der Waals surface area contributed by atoms with Crippen molar-refractivity contribution in [2.24, 2.45) is 11.8 Å². The molecule has 1 fully saturated rings. The molecule has 160 valence electrons. The molecular weight excluding hydrogens is 356 g/mol. The van der Waals surface area contributed by atoms with E-state index in [2.05, 4.69) is 18.2 Å². The van der Waals surface area contributed by atoms with Crippen LogP contribution in [0.5, 0.6) is 0 Å². The summed E-state index contributed by atoms with van der Waals surface area (Å²) in [5.41, 5.74) is 1.24. The third-order valence-electron chi connectivity index (χ3n) is 5.13. The highest BCUT2D eigenvalue weighted by molar-refractivity contribution is 5.65. The van der Waals surface area contributed by atoms with Gasteiger partial charge in [0.25, 0.3) is 0 Å². The van der Waals surface area contributed by atoms with Crippen molar-refractivity contribution in [2.75, 3.05) is 6.61 Å². The lowest BCUT2D eigenvalue weighted by atomic mass is 9.89. The quantitative estimate of drug-likeness (QED) is 0.267. The van der Waals surface area contributed by atoms with Gasteiger partial charge in [0.05, 0.1) is 24.9 Å². The van der Waals surface area contributed by atoms with Crippen molar-refractivity contribution in [3.05, 3.63) is 36.0 Å². The molecule has 1 aliphatic carbocycles. The summed E-state index contributed by atoms with van der Waals surface area (Å²) in [7, 11) is 0. The molecule has 5 atom stereocenters. The maximum atomic E-state index is 10.7. The van der Waals surface area contributed by atoms with Crippen LogP contribution in [0, 0.1) is 11.8 Å². The van der Waals surface area contributed by atoms with Crippen LogP contribution in [0.4, 0.5) is 0 Å². The number of carbonyl (C=O) groups is 1. The number of carbonyl (C=O) groups excluding carboxylic acids is 1. The van der Waals surface area contributed by atoms with Crippen LogP contribution >= 0.6 is 0 Å². The van der Waals surface area contributed by atoms with Gasteiger partial charge >= 0.3 is 5.97 Å². The Bertz CT molecular complexity index is 533. The van der Waals surface area contributed by atoms with Crippen molar-refractivity contribution >= 4 is 5.97 Å². The van der Waals surface area contributed by atoms with Crippen LogP contribution in [-0.2, 0) is 9.53 Å². The first-order valence-electron chi connectivity index (χ1n) is 10.5. The van der Waals surface area contributed by atoms with Gasteiger partial charge in [0, 0.05) is 19.3 Å². The summed E-state index contributed by atoms with van der Waals surface area (Å²) >= 11 is 0. The molecule has 0 aliphatic heterocycles. The Hall–Kier alpha value is -1.43. The fraction of sp³-hybridized carbons (Fsp3) is 0.696. The number of esters is 1. The zero-order valence-electron chi connectivity index (χ0n) is 17.6. The van der Waals surface area contributed by atoms with Crippen molar-refractivity contribution in [1.29, 1.82) is 0 Å². The summed E-state index contributed by atoms with van der Waals surface area (Å²) in [5, 5.41) is 30.7. The van der Waals surface area contributed by atoms with Gasteiger partial charge < -0.3 is 20.1 Å². The highest BCUT2D eigenvalue weighted by atomic mass is 16.5. The fourth-order valence-corrected chi connectivity index (χ4v) is 3.55. The number of ether oxygens (including phenoxy) is 1. The first kappa shape index (κ1) is 24.6. The van der Waals surface area contributed by atoms with Crippen molar-refractivity contribution in [3.63, 3.8) is 0 Å². The van der Waals surface area contributed by atoms with Crippen molar-refractivity contribution in [2.45, 2.75) is 84.0 Å². The Labute approximate surface area is 169 Å². The first-order chi connectivity index (χ1) is 13.3. The van der Waals surface area contributed by atoms with E-state index in [1.54, 1.807) is 6.08 Å². The van der Waals surface area contributed by atoms with Crippen molar-refractivity contribution in [3.8, 4) is 0 Å². The van der Waals surface area contributed by atoms with Crippen LogP contribution in [0.2, 0.25) is 0 Å². The van der Waals surface area contributed by atoms with Gasteiger partial charge in [-0.1, -0.05) is 36.0 Å². The van der Waals surface area contributed by atoms with E-state index in [1.807, 2.05) is 19.9 Å². The summed E-state index contributed by atoms with van der Waals surface area (Å²) in [6.45, 7) is 5.95. The molecule has 0 heterocycles. The minimum absolute atomic E-state index is 0.0338. The minimum Gasteiger partial charge on any atom is -0.466 e. The number of unbranched alkanes of at least 4 members (excludes halogenated alkanes) is 2. The van der Waals surface area contributed by atoms with Crippen LogP contribution in [0.25, 0.3) is 0 Å². The maximum absolute atomic E-state index is 10.7. The molecule has 0 bridgehead atoms. The Balaban J connectivity index is 2.41. The highest BCUT2D eigenvalue weighted by Gasteiger charge is 2.39. The van der Waals surface area contributed by atoms with Gasteiger partial charge in [-0.3, -0.25) is 4.79 Å². The molecule has 0 spiro atoms. The third kappa shape index (κ3) is 10.2. The lowest BCUT2D eigenvalue weighted by Crippen LogP contribution is -2.20. The van der Waals surface area contributed by atoms with E-state index < -0.39 is 18.3 Å². The summed E-state index contributed by atoms with van der Waals surface area (Å²) in [5.74, 6) is -0.416. The number of hydrogen-bond donors (Lipinski definition) is 3. The Morgan fingerprint density at radius 1 is 1.11 bits per heavy atom. The lowest BCUT2D eigenvalue weighted by Gasteiger charge is -2.19. The molecule has 1 rings (SSSR count). The smallest absolute Gasteiger partial charge is 0.302 e. The van der Waals surface area contributed by atoms with Crippen LogP contribution in [0.15, 0.2) is 36.0 Å². The Morgan fingerprint density at radius 3 is 2.54 bits per heavy atom. The second-order valence-electron chi connectivity index (χ2n) is 7.97. The molecule has 0 aromatic rings. The van der Waals surface area contributed by atoms with Gasteiger partial charge in [-0.25, -0.2) is 0 Å². The molecule has 1 aliphatic rings. The van der Waals surface area contributed by atoms with Crippen molar-refractivity contribution < 1.29 is 24.9 Å². The van der Waals surface area contributed by atoms with E-state index in [0.717, 1.165) is 25.7 Å². The molecule has 0 saturated heterocycles. The number of allylic oxidation sites excluding steroid dienone is 4. The van der Waals surface area contributed by atoms with E-state index in [9.17, 15) is 20.1 Å². The topological polar surface area (TPSA) is 87.0 Å². The Morgan fingerprint density at radius 2 is 1.86 bits per heavy atom. The predicted molar refractivity (Wildman–Crippen MR) is 112 cm³/mol. The average Bonchev–Trinajstić information content (AvgIpc) is 2.87. The van der Waals surface area contributed by atoms with Crippen LogP contribution in [0.3, 0.4) is 0 Å². The zero-order chi connectivity index (χ0) is 20.9. The molecule has 0 radical (unpaired) electrons. The monoisotopic (exact) mass is 394 g/mol. The normalized spacial score (nSPS) is 26.1. The predicted octanol–water partition coefficient (Wildman–Crippen LogP) is 3.69. The molecule has 5 heteroatoms. The van der Waals surface area contributed by atoms with E-state index in [-0.39, 0.29) is 17.8 Å². The summed E-state index contributed by atoms with van der Waals surface area (Å²) in [4.78, 5) is 10.7. The Kier molecular flexibility index (Phi) is 12.0. The molecule has 0 aromatic carbocycles. The standard InChI is InChI=1S/C23H38O5/c1-17(2)10-9-11-19(25)13-14-21-20(22(26)16-23(21)27)12-7-5-4-6-8-15-28-18(3)24/h5,7,10,13-14,19-23,25-27H,4,6,8-9,11-12,15-16H2,1-3H3/b7-5-,14-13+/t19-,20+,21+,22-,23+/m0/s1. The van der Waals surface area contributed by atoms with Crippen LogP contribution in [-0.4, -0.2) is 46.2 Å². The van der Waals surface area contributed by atoms with Gasteiger partial charge in [0.15, 0.2) is 0 Å². The molecular formula is C23H38O5. The second-order valence-corrected chi connectivity index (χ2v) is 7.97. The zero-order valence-corrected chi connectivity index (χ0v) is 17.6. The minimum atomic E-state index is -0.571. The van der Waals surface area contributed by atoms with Gasteiger partial charge in [-0.15, -0.1) is 0 Å². The number of rotatable bonds is 12.